The highest BCUT2D eigenvalue weighted by molar-refractivity contribution is 5.83. The Morgan fingerprint density at radius 3 is 2.45 bits per heavy atom. The summed E-state index contributed by atoms with van der Waals surface area (Å²) in [5, 5.41) is 0.799. The molecule has 3 rings (SSSR count). The molecule has 1 aromatic heterocycles. The minimum atomic E-state index is -0.389. The molecular weight excluding hydrogens is 392 g/mol. The highest BCUT2D eigenvalue weighted by Crippen LogP contribution is 2.33. The van der Waals surface area contributed by atoms with Gasteiger partial charge in [0.25, 0.3) is 0 Å². The normalized spacial score (nSPS) is 12.2. The van der Waals surface area contributed by atoms with Gasteiger partial charge in [-0.1, -0.05) is 52.8 Å². The van der Waals surface area contributed by atoms with Crippen molar-refractivity contribution in [2.24, 2.45) is 0 Å². The molecule has 0 aliphatic rings. The Bertz CT molecular complexity index is 1130. The van der Waals surface area contributed by atoms with E-state index in [1.807, 2.05) is 18.2 Å². The topological polar surface area (TPSA) is 65.7 Å². The van der Waals surface area contributed by atoms with Gasteiger partial charge in [0.1, 0.15) is 11.3 Å². The van der Waals surface area contributed by atoms with Crippen LogP contribution in [0.25, 0.3) is 22.1 Å². The van der Waals surface area contributed by atoms with Crippen LogP contribution in [-0.2, 0) is 9.53 Å². The molecule has 0 saturated carbocycles. The summed E-state index contributed by atoms with van der Waals surface area (Å²) < 4.78 is 16.0. The van der Waals surface area contributed by atoms with Crippen LogP contribution in [0.2, 0.25) is 0 Å². The molecule has 1 heterocycles. The van der Waals surface area contributed by atoms with Gasteiger partial charge in [-0.2, -0.15) is 0 Å². The van der Waals surface area contributed by atoms with E-state index in [9.17, 15) is 9.59 Å². The third-order valence-electron chi connectivity index (χ3n) is 5.61. The summed E-state index contributed by atoms with van der Waals surface area (Å²) in [4.78, 5) is 24.1. The first kappa shape index (κ1) is 22.6. The lowest BCUT2D eigenvalue weighted by Crippen LogP contribution is -2.09. The van der Waals surface area contributed by atoms with E-state index in [-0.39, 0.29) is 30.7 Å². The van der Waals surface area contributed by atoms with Crippen molar-refractivity contribution >= 4 is 16.9 Å². The van der Waals surface area contributed by atoms with Gasteiger partial charge in [-0.3, -0.25) is 4.79 Å². The predicted octanol–water partition coefficient (Wildman–Crippen LogP) is 6.39. The van der Waals surface area contributed by atoms with Crippen molar-refractivity contribution in [2.75, 3.05) is 6.79 Å². The molecule has 0 fully saturated rings. The van der Waals surface area contributed by atoms with Gasteiger partial charge in [0.05, 0.1) is 5.56 Å². The Kier molecular flexibility index (Phi) is 7.16. The van der Waals surface area contributed by atoms with Crippen molar-refractivity contribution in [3.63, 3.8) is 0 Å². The minimum Gasteiger partial charge on any atom is -0.457 e. The number of hydrogen-bond donors (Lipinski definition) is 0. The number of ether oxygens (including phenoxy) is 2. The zero-order chi connectivity index (χ0) is 22.5. The second-order valence-electron chi connectivity index (χ2n) is 8.09. The lowest BCUT2D eigenvalue weighted by Gasteiger charge is -2.17. The predicted molar refractivity (Wildman–Crippen MR) is 123 cm³/mol. The third kappa shape index (κ3) is 5.16. The monoisotopic (exact) mass is 422 g/mol. The highest BCUT2D eigenvalue weighted by Gasteiger charge is 2.16. The van der Waals surface area contributed by atoms with E-state index in [1.54, 1.807) is 19.1 Å². The average molecular weight is 423 g/mol. The molecule has 3 aromatic rings. The van der Waals surface area contributed by atoms with Crippen LogP contribution in [0.1, 0.15) is 70.4 Å². The second-order valence-corrected chi connectivity index (χ2v) is 8.09. The van der Waals surface area contributed by atoms with Crippen LogP contribution >= 0.6 is 0 Å². The highest BCUT2D eigenvalue weighted by atomic mass is 16.7. The van der Waals surface area contributed by atoms with Gasteiger partial charge in [-0.25, -0.2) is 4.79 Å². The molecule has 2 aromatic carbocycles. The van der Waals surface area contributed by atoms with Crippen molar-refractivity contribution < 1.29 is 18.7 Å². The fraction of sp³-hybridized carbons (Fsp3) is 0.385. The Labute approximate surface area is 183 Å². The van der Waals surface area contributed by atoms with E-state index in [2.05, 4.69) is 39.8 Å². The summed E-state index contributed by atoms with van der Waals surface area (Å²) in [6.07, 6.45) is 1.35. The van der Waals surface area contributed by atoms with Gasteiger partial charge in [0.15, 0.2) is 0 Å². The maximum Gasteiger partial charge on any atom is 0.344 e. The van der Waals surface area contributed by atoms with E-state index >= 15 is 0 Å². The van der Waals surface area contributed by atoms with Crippen molar-refractivity contribution in [1.29, 1.82) is 0 Å². The van der Waals surface area contributed by atoms with Gasteiger partial charge in [-0.15, -0.1) is 0 Å². The molecule has 1 unspecified atom stereocenters. The van der Waals surface area contributed by atoms with Gasteiger partial charge in [-0.05, 0) is 53.1 Å². The molecule has 0 spiro atoms. The molecule has 0 amide bonds. The van der Waals surface area contributed by atoms with Gasteiger partial charge >= 0.3 is 11.6 Å². The van der Waals surface area contributed by atoms with E-state index in [0.717, 1.165) is 22.9 Å². The van der Waals surface area contributed by atoms with E-state index in [0.29, 0.717) is 22.8 Å². The molecule has 164 valence electrons. The third-order valence-corrected chi connectivity index (χ3v) is 5.61. The number of carbonyl (C=O) groups is 1. The summed E-state index contributed by atoms with van der Waals surface area (Å²) in [6, 6.07) is 13.5. The van der Waals surface area contributed by atoms with Crippen LogP contribution in [0, 0.1) is 0 Å². The fourth-order valence-corrected chi connectivity index (χ4v) is 3.48. The molecule has 0 saturated heterocycles. The summed E-state index contributed by atoms with van der Waals surface area (Å²) in [5.74, 6) is 0.871. The van der Waals surface area contributed by atoms with Gasteiger partial charge in [0.2, 0.25) is 6.79 Å². The van der Waals surface area contributed by atoms with Crippen molar-refractivity contribution in [3.05, 3.63) is 64.0 Å². The molecule has 0 N–H and O–H groups in total. The first-order valence-electron chi connectivity index (χ1n) is 10.8. The van der Waals surface area contributed by atoms with Crippen LogP contribution < -0.4 is 10.4 Å². The molecule has 0 aliphatic heterocycles. The summed E-state index contributed by atoms with van der Waals surface area (Å²) >= 11 is 0. The van der Waals surface area contributed by atoms with Crippen molar-refractivity contribution in [2.45, 2.75) is 59.3 Å². The first-order chi connectivity index (χ1) is 14.8. The molecule has 5 heteroatoms. The molecule has 31 heavy (non-hydrogen) atoms. The smallest absolute Gasteiger partial charge is 0.344 e. The number of fused-ring (bicyclic) bond motifs is 1. The molecule has 5 nitrogen and oxygen atoms in total. The molecular formula is C26H30O5. The lowest BCUT2D eigenvalue weighted by molar-refractivity contribution is -0.149. The Morgan fingerprint density at radius 1 is 1.00 bits per heavy atom. The van der Waals surface area contributed by atoms with E-state index in [4.69, 9.17) is 13.9 Å². The van der Waals surface area contributed by atoms with Crippen LogP contribution in [-0.4, -0.2) is 12.8 Å². The maximum absolute atomic E-state index is 12.9. The zero-order valence-corrected chi connectivity index (χ0v) is 18.9. The molecule has 0 bridgehead atoms. The van der Waals surface area contributed by atoms with Crippen LogP contribution in [0.3, 0.4) is 0 Å². The van der Waals surface area contributed by atoms with Gasteiger partial charge < -0.3 is 13.9 Å². The molecule has 0 radical (unpaired) electrons. The summed E-state index contributed by atoms with van der Waals surface area (Å²) in [6.45, 7) is 10.2. The quantitative estimate of drug-likeness (QED) is 0.239. The summed E-state index contributed by atoms with van der Waals surface area (Å²) in [5.41, 5.74) is 3.92. The number of hydrogen-bond acceptors (Lipinski definition) is 5. The minimum absolute atomic E-state index is 0.180. The Morgan fingerprint density at radius 2 is 1.77 bits per heavy atom. The van der Waals surface area contributed by atoms with E-state index < -0.39 is 0 Å². The number of esters is 1. The Hall–Kier alpha value is -3.08. The van der Waals surface area contributed by atoms with Crippen molar-refractivity contribution in [1.82, 2.24) is 0 Å². The Balaban J connectivity index is 1.96. The van der Waals surface area contributed by atoms with Crippen molar-refractivity contribution in [3.8, 4) is 16.9 Å². The number of rotatable bonds is 8. The average Bonchev–Trinajstić information content (AvgIpc) is 2.77. The number of carbonyl (C=O) groups excluding carboxylic acids is 1. The number of benzene rings is 2. The van der Waals surface area contributed by atoms with Gasteiger partial charge in [0, 0.05) is 17.9 Å². The SMILES string of the molecule is CCC(=O)OCOc1ccc2cc(-c3ccc(C(C)CC)cc3C(C)C)c(=O)oc2c1. The molecule has 1 atom stereocenters. The largest absolute Gasteiger partial charge is 0.457 e. The molecule has 0 aliphatic carbocycles. The van der Waals surface area contributed by atoms with Crippen LogP contribution in [0.4, 0.5) is 0 Å². The lowest BCUT2D eigenvalue weighted by atomic mass is 9.88. The fourth-order valence-electron chi connectivity index (χ4n) is 3.48. The van der Waals surface area contributed by atoms with Crippen LogP contribution in [0.5, 0.6) is 5.75 Å². The van der Waals surface area contributed by atoms with E-state index in [1.165, 1.54) is 5.56 Å². The maximum atomic E-state index is 12.9. The second kappa shape index (κ2) is 9.82. The first-order valence-corrected chi connectivity index (χ1v) is 10.8. The summed E-state index contributed by atoms with van der Waals surface area (Å²) in [7, 11) is 0. The standard InChI is InChI=1S/C26H30O5/c1-6-17(5)18-9-11-21(22(12-18)16(3)4)23-13-19-8-10-20(14-24(19)31-26(23)28)29-15-30-25(27)7-2/h8-14,16-17H,6-7,15H2,1-5H3. The zero-order valence-electron chi connectivity index (χ0n) is 18.9. The van der Waals surface area contributed by atoms with Crippen LogP contribution in [0.15, 0.2) is 51.7 Å².